The number of rotatable bonds is 7. The van der Waals surface area contributed by atoms with Gasteiger partial charge in [0, 0.05) is 13.1 Å². The lowest BCUT2D eigenvalue weighted by Gasteiger charge is -2.23. The number of nitrogens with two attached hydrogens (primary N) is 1. The van der Waals surface area contributed by atoms with Gasteiger partial charge in [-0.1, -0.05) is 0 Å². The van der Waals surface area contributed by atoms with Gasteiger partial charge in [0.05, 0.1) is 6.04 Å². The zero-order valence-corrected chi connectivity index (χ0v) is 15.3. The van der Waals surface area contributed by atoms with Crippen molar-refractivity contribution in [2.24, 2.45) is 5.73 Å². The summed E-state index contributed by atoms with van der Waals surface area (Å²) in [6, 6.07) is -3.04. The molecule has 0 aromatic carbocycles. The molecular formula is C16H29N5O4. The van der Waals surface area contributed by atoms with Crippen LogP contribution in [0.4, 0.5) is 0 Å². The van der Waals surface area contributed by atoms with Crippen molar-refractivity contribution >= 4 is 23.6 Å². The molecule has 1 heterocycles. The van der Waals surface area contributed by atoms with Crippen molar-refractivity contribution in [3.63, 3.8) is 0 Å². The zero-order chi connectivity index (χ0) is 19.1. The van der Waals surface area contributed by atoms with E-state index in [2.05, 4.69) is 16.0 Å². The summed E-state index contributed by atoms with van der Waals surface area (Å²) >= 11 is 0. The molecule has 4 atom stereocenters. The van der Waals surface area contributed by atoms with Crippen molar-refractivity contribution in [3.05, 3.63) is 0 Å². The minimum absolute atomic E-state index is 0.123. The number of nitrogens with one attached hydrogen (secondary N) is 3. The summed E-state index contributed by atoms with van der Waals surface area (Å²) in [5.74, 6) is -1.54. The van der Waals surface area contributed by atoms with E-state index in [9.17, 15) is 19.2 Å². The summed E-state index contributed by atoms with van der Waals surface area (Å²) in [4.78, 5) is 49.6. The van der Waals surface area contributed by atoms with Gasteiger partial charge in [-0.15, -0.1) is 0 Å². The fourth-order valence-electron chi connectivity index (χ4n) is 2.43. The minimum atomic E-state index is -0.837. The predicted molar refractivity (Wildman–Crippen MR) is 92.3 cm³/mol. The highest BCUT2D eigenvalue weighted by Gasteiger charge is 2.27. The van der Waals surface area contributed by atoms with Crippen LogP contribution in [0, 0.1) is 0 Å². The Morgan fingerprint density at radius 2 is 1.16 bits per heavy atom. The second-order valence-electron chi connectivity index (χ2n) is 6.51. The molecule has 0 aromatic heterocycles. The Balaban J connectivity index is 2.45. The van der Waals surface area contributed by atoms with Gasteiger partial charge in [-0.25, -0.2) is 0 Å². The molecule has 4 unspecified atom stereocenters. The maximum absolute atomic E-state index is 12.2. The van der Waals surface area contributed by atoms with E-state index >= 15 is 0 Å². The third-order valence-electron chi connectivity index (χ3n) is 4.06. The number of likely N-dealkylation sites (tertiary alicyclic amines) is 1. The lowest BCUT2D eigenvalue weighted by Crippen LogP contribution is -2.55. The standard InChI is InChI=1S/C16H29N5O4/c1-9(17)13(22)18-10(2)14(23)19-11(3)15(24)20-12(4)16(25)21-7-5-6-8-21/h9-12H,5-8,17H2,1-4H3,(H,18,22)(H,19,23)(H,20,24). The molecule has 25 heavy (non-hydrogen) atoms. The monoisotopic (exact) mass is 355 g/mol. The van der Waals surface area contributed by atoms with E-state index in [1.807, 2.05) is 0 Å². The molecule has 0 aliphatic carbocycles. The summed E-state index contributed by atoms with van der Waals surface area (Å²) in [7, 11) is 0. The highest BCUT2D eigenvalue weighted by Crippen LogP contribution is 2.09. The first kappa shape index (κ1) is 20.9. The van der Waals surface area contributed by atoms with Crippen molar-refractivity contribution in [1.29, 1.82) is 0 Å². The van der Waals surface area contributed by atoms with E-state index in [1.54, 1.807) is 11.8 Å². The molecule has 1 rings (SSSR count). The second kappa shape index (κ2) is 9.36. The average molecular weight is 355 g/mol. The van der Waals surface area contributed by atoms with Crippen molar-refractivity contribution in [2.75, 3.05) is 13.1 Å². The molecule has 9 nitrogen and oxygen atoms in total. The summed E-state index contributed by atoms with van der Waals surface area (Å²) in [5.41, 5.74) is 5.42. The van der Waals surface area contributed by atoms with Gasteiger partial charge in [-0.05, 0) is 40.5 Å². The van der Waals surface area contributed by atoms with E-state index in [1.165, 1.54) is 20.8 Å². The topological polar surface area (TPSA) is 134 Å². The van der Waals surface area contributed by atoms with Gasteiger partial charge in [0.15, 0.2) is 0 Å². The first-order valence-electron chi connectivity index (χ1n) is 8.59. The van der Waals surface area contributed by atoms with Crippen LogP contribution in [0.25, 0.3) is 0 Å². The molecule has 0 radical (unpaired) electrons. The first-order chi connectivity index (χ1) is 11.6. The van der Waals surface area contributed by atoms with Gasteiger partial charge in [-0.3, -0.25) is 19.2 Å². The van der Waals surface area contributed by atoms with Gasteiger partial charge in [-0.2, -0.15) is 0 Å². The fraction of sp³-hybridized carbons (Fsp3) is 0.750. The Morgan fingerprint density at radius 3 is 1.60 bits per heavy atom. The van der Waals surface area contributed by atoms with E-state index < -0.39 is 41.9 Å². The lowest BCUT2D eigenvalue weighted by atomic mass is 10.2. The predicted octanol–water partition coefficient (Wildman–Crippen LogP) is -1.53. The van der Waals surface area contributed by atoms with Crippen LogP contribution in [-0.4, -0.2) is 65.8 Å². The molecule has 1 saturated heterocycles. The molecule has 1 aliphatic rings. The van der Waals surface area contributed by atoms with Crippen LogP contribution in [0.2, 0.25) is 0 Å². The van der Waals surface area contributed by atoms with Crippen LogP contribution >= 0.6 is 0 Å². The highest BCUT2D eigenvalue weighted by molar-refractivity contribution is 5.94. The molecule has 0 spiro atoms. The maximum Gasteiger partial charge on any atom is 0.244 e. The SMILES string of the molecule is CC(N)C(=O)NC(C)C(=O)NC(C)C(=O)NC(C)C(=O)N1CCCC1. The summed E-state index contributed by atoms with van der Waals surface area (Å²) in [6.07, 6.45) is 1.95. The Labute approximate surface area is 148 Å². The molecule has 1 fully saturated rings. The third-order valence-corrected chi connectivity index (χ3v) is 4.06. The van der Waals surface area contributed by atoms with E-state index in [0.29, 0.717) is 13.1 Å². The van der Waals surface area contributed by atoms with Gasteiger partial charge in [0.25, 0.3) is 0 Å². The van der Waals surface area contributed by atoms with Crippen LogP contribution in [0.15, 0.2) is 0 Å². The summed E-state index contributed by atoms with van der Waals surface area (Å²) in [5, 5.41) is 7.56. The lowest BCUT2D eigenvalue weighted by molar-refractivity contribution is -0.136. The largest absolute Gasteiger partial charge is 0.343 e. The molecule has 142 valence electrons. The van der Waals surface area contributed by atoms with Gasteiger partial charge >= 0.3 is 0 Å². The molecular weight excluding hydrogens is 326 g/mol. The van der Waals surface area contributed by atoms with Gasteiger partial charge < -0.3 is 26.6 Å². The van der Waals surface area contributed by atoms with Crippen LogP contribution in [0.1, 0.15) is 40.5 Å². The average Bonchev–Trinajstić information content (AvgIpc) is 3.07. The van der Waals surface area contributed by atoms with E-state index in [0.717, 1.165) is 12.8 Å². The number of carbonyl (C=O) groups excluding carboxylic acids is 4. The first-order valence-corrected chi connectivity index (χ1v) is 8.59. The van der Waals surface area contributed by atoms with E-state index in [4.69, 9.17) is 5.73 Å². The Hall–Kier alpha value is -2.16. The van der Waals surface area contributed by atoms with E-state index in [-0.39, 0.29) is 5.91 Å². The Morgan fingerprint density at radius 1 is 0.760 bits per heavy atom. The molecule has 1 aliphatic heterocycles. The fourth-order valence-corrected chi connectivity index (χ4v) is 2.43. The van der Waals surface area contributed by atoms with Crippen LogP contribution in [-0.2, 0) is 19.2 Å². The quantitative estimate of drug-likeness (QED) is 0.440. The molecule has 0 aromatic rings. The number of carbonyl (C=O) groups is 4. The smallest absolute Gasteiger partial charge is 0.244 e. The number of hydrogen-bond donors (Lipinski definition) is 4. The molecule has 4 amide bonds. The van der Waals surface area contributed by atoms with Gasteiger partial charge in [0.2, 0.25) is 23.6 Å². The van der Waals surface area contributed by atoms with Crippen molar-refractivity contribution < 1.29 is 19.2 Å². The van der Waals surface area contributed by atoms with Gasteiger partial charge in [0.1, 0.15) is 18.1 Å². The van der Waals surface area contributed by atoms with Crippen molar-refractivity contribution in [1.82, 2.24) is 20.9 Å². The second-order valence-corrected chi connectivity index (χ2v) is 6.51. The van der Waals surface area contributed by atoms with Crippen LogP contribution in [0.5, 0.6) is 0 Å². The van der Waals surface area contributed by atoms with Crippen molar-refractivity contribution in [2.45, 2.75) is 64.7 Å². The number of amides is 4. The maximum atomic E-state index is 12.2. The Bertz CT molecular complexity index is 517. The van der Waals surface area contributed by atoms with Crippen molar-refractivity contribution in [3.8, 4) is 0 Å². The number of nitrogens with zero attached hydrogens (tertiary/aromatic N) is 1. The summed E-state index contributed by atoms with van der Waals surface area (Å²) in [6.45, 7) is 7.57. The van der Waals surface area contributed by atoms with Crippen LogP contribution < -0.4 is 21.7 Å². The van der Waals surface area contributed by atoms with Crippen LogP contribution in [0.3, 0.4) is 0 Å². The zero-order valence-electron chi connectivity index (χ0n) is 15.3. The number of hydrogen-bond acceptors (Lipinski definition) is 5. The molecule has 5 N–H and O–H groups in total. The normalized spacial score (nSPS) is 18.7. The molecule has 0 bridgehead atoms. The summed E-state index contributed by atoms with van der Waals surface area (Å²) < 4.78 is 0. The molecule has 9 heteroatoms. The molecule has 0 saturated carbocycles. The Kier molecular flexibility index (Phi) is 7.82. The highest BCUT2D eigenvalue weighted by atomic mass is 16.2. The minimum Gasteiger partial charge on any atom is -0.343 e. The third kappa shape index (κ3) is 6.33.